The second-order valence-electron chi connectivity index (χ2n) is 4.36. The predicted molar refractivity (Wildman–Crippen MR) is 63.0 cm³/mol. The van der Waals surface area contributed by atoms with Crippen LogP contribution in [0, 0.1) is 12.8 Å². The van der Waals surface area contributed by atoms with Crippen molar-refractivity contribution in [1.29, 1.82) is 0 Å². The van der Waals surface area contributed by atoms with Crippen molar-refractivity contribution in [3.8, 4) is 0 Å². The molecular formula is C13H11ClO2. The lowest BCUT2D eigenvalue weighted by molar-refractivity contribution is 0.0942. The van der Waals surface area contributed by atoms with Crippen molar-refractivity contribution in [3.05, 3.63) is 34.5 Å². The van der Waals surface area contributed by atoms with Crippen molar-refractivity contribution in [2.24, 2.45) is 5.92 Å². The van der Waals surface area contributed by atoms with E-state index < -0.39 is 0 Å². The summed E-state index contributed by atoms with van der Waals surface area (Å²) in [6.45, 7) is 1.99. The number of furan rings is 1. The largest absolute Gasteiger partial charge is 0.451 e. The Balaban J connectivity index is 2.18. The van der Waals surface area contributed by atoms with Gasteiger partial charge in [-0.2, -0.15) is 0 Å². The number of halogens is 1. The van der Waals surface area contributed by atoms with Crippen LogP contribution in [0.25, 0.3) is 11.0 Å². The molecule has 1 saturated carbocycles. The SMILES string of the molecule is Cc1ccc(Cl)c2oc(C(=O)C3CC3)cc12. The third-order valence-electron chi connectivity index (χ3n) is 3.04. The molecule has 1 aliphatic carbocycles. The number of hydrogen-bond donors (Lipinski definition) is 0. The molecule has 0 radical (unpaired) electrons. The molecule has 0 atom stereocenters. The topological polar surface area (TPSA) is 30.2 Å². The van der Waals surface area contributed by atoms with Crippen LogP contribution in [0.5, 0.6) is 0 Å². The van der Waals surface area contributed by atoms with Crippen molar-refractivity contribution >= 4 is 28.4 Å². The van der Waals surface area contributed by atoms with Crippen LogP contribution in [-0.2, 0) is 0 Å². The fourth-order valence-corrected chi connectivity index (χ4v) is 2.10. The Morgan fingerprint density at radius 2 is 2.19 bits per heavy atom. The van der Waals surface area contributed by atoms with Crippen LogP contribution in [0.2, 0.25) is 5.02 Å². The molecule has 1 fully saturated rings. The molecule has 1 heterocycles. The first-order valence-corrected chi connectivity index (χ1v) is 5.77. The monoisotopic (exact) mass is 234 g/mol. The molecule has 1 aromatic carbocycles. The summed E-state index contributed by atoms with van der Waals surface area (Å²) >= 11 is 6.04. The first kappa shape index (κ1) is 9.91. The van der Waals surface area contributed by atoms with Gasteiger partial charge in [-0.15, -0.1) is 0 Å². The zero-order chi connectivity index (χ0) is 11.3. The minimum atomic E-state index is 0.117. The maximum atomic E-state index is 11.9. The van der Waals surface area contributed by atoms with E-state index in [1.54, 1.807) is 6.07 Å². The number of benzene rings is 1. The second-order valence-corrected chi connectivity index (χ2v) is 4.76. The Hall–Kier alpha value is -1.28. The molecule has 0 aliphatic heterocycles. The average molecular weight is 235 g/mol. The Kier molecular flexibility index (Phi) is 2.08. The molecule has 0 bridgehead atoms. The summed E-state index contributed by atoms with van der Waals surface area (Å²) in [7, 11) is 0. The maximum Gasteiger partial charge on any atom is 0.201 e. The highest BCUT2D eigenvalue weighted by molar-refractivity contribution is 6.35. The van der Waals surface area contributed by atoms with Crippen LogP contribution in [0.15, 0.2) is 22.6 Å². The van der Waals surface area contributed by atoms with Crippen LogP contribution in [-0.4, -0.2) is 5.78 Å². The zero-order valence-electron chi connectivity index (χ0n) is 8.92. The van der Waals surface area contributed by atoms with Gasteiger partial charge in [0.05, 0.1) is 5.02 Å². The molecule has 3 rings (SSSR count). The summed E-state index contributed by atoms with van der Waals surface area (Å²) in [6, 6.07) is 5.55. The van der Waals surface area contributed by atoms with Crippen molar-refractivity contribution < 1.29 is 9.21 Å². The van der Waals surface area contributed by atoms with E-state index in [4.69, 9.17) is 16.0 Å². The summed E-state index contributed by atoms with van der Waals surface area (Å²) in [5, 5.41) is 1.51. The lowest BCUT2D eigenvalue weighted by atomic mass is 10.1. The van der Waals surface area contributed by atoms with E-state index in [1.165, 1.54) is 0 Å². The average Bonchev–Trinajstić information content (AvgIpc) is 3.01. The first-order valence-electron chi connectivity index (χ1n) is 5.39. The van der Waals surface area contributed by atoms with E-state index in [9.17, 15) is 4.79 Å². The van der Waals surface area contributed by atoms with Gasteiger partial charge in [-0.1, -0.05) is 17.7 Å². The smallest absolute Gasteiger partial charge is 0.201 e. The Bertz CT molecular complexity index is 540. The third-order valence-corrected chi connectivity index (χ3v) is 3.34. The molecular weight excluding hydrogens is 224 g/mol. The van der Waals surface area contributed by atoms with Gasteiger partial charge >= 0.3 is 0 Å². The first-order chi connectivity index (χ1) is 7.66. The van der Waals surface area contributed by atoms with Gasteiger partial charge < -0.3 is 4.42 Å². The van der Waals surface area contributed by atoms with Gasteiger partial charge in [0, 0.05) is 11.3 Å². The van der Waals surface area contributed by atoms with Gasteiger partial charge in [-0.3, -0.25) is 4.79 Å². The van der Waals surface area contributed by atoms with Gasteiger partial charge in [0.2, 0.25) is 5.78 Å². The van der Waals surface area contributed by atoms with Gasteiger partial charge in [-0.05, 0) is 37.5 Å². The van der Waals surface area contributed by atoms with E-state index in [2.05, 4.69) is 0 Å². The summed E-state index contributed by atoms with van der Waals surface area (Å²) in [4.78, 5) is 11.9. The summed E-state index contributed by atoms with van der Waals surface area (Å²) < 4.78 is 5.56. The maximum absolute atomic E-state index is 11.9. The van der Waals surface area contributed by atoms with Crippen LogP contribution < -0.4 is 0 Å². The highest BCUT2D eigenvalue weighted by atomic mass is 35.5. The number of carbonyl (C=O) groups is 1. The normalized spacial score (nSPS) is 15.6. The van der Waals surface area contributed by atoms with Gasteiger partial charge in [0.15, 0.2) is 11.3 Å². The van der Waals surface area contributed by atoms with Crippen molar-refractivity contribution in [2.75, 3.05) is 0 Å². The van der Waals surface area contributed by atoms with E-state index in [-0.39, 0.29) is 11.7 Å². The van der Waals surface area contributed by atoms with E-state index in [1.807, 2.05) is 19.1 Å². The molecule has 2 nitrogen and oxygen atoms in total. The van der Waals surface area contributed by atoms with E-state index >= 15 is 0 Å². The number of aryl methyl sites for hydroxylation is 1. The summed E-state index contributed by atoms with van der Waals surface area (Å²) in [6.07, 6.45) is 1.98. The molecule has 0 spiro atoms. The lowest BCUT2D eigenvalue weighted by Gasteiger charge is -1.95. The molecule has 0 amide bonds. The van der Waals surface area contributed by atoms with Crippen LogP contribution in [0.4, 0.5) is 0 Å². The summed E-state index contributed by atoms with van der Waals surface area (Å²) in [5.74, 6) is 0.750. The molecule has 3 heteroatoms. The number of Topliss-reactive ketones (excluding diaryl/α,β-unsaturated/α-hetero) is 1. The Morgan fingerprint density at radius 1 is 1.44 bits per heavy atom. The molecule has 16 heavy (non-hydrogen) atoms. The molecule has 0 N–H and O–H groups in total. The van der Waals surface area contributed by atoms with Crippen molar-refractivity contribution in [2.45, 2.75) is 19.8 Å². The molecule has 2 aromatic rings. The molecule has 0 unspecified atom stereocenters. The quantitative estimate of drug-likeness (QED) is 0.736. The number of hydrogen-bond acceptors (Lipinski definition) is 2. The highest BCUT2D eigenvalue weighted by Crippen LogP contribution is 2.36. The molecule has 1 aromatic heterocycles. The van der Waals surface area contributed by atoms with Crippen molar-refractivity contribution in [3.63, 3.8) is 0 Å². The predicted octanol–water partition coefficient (Wildman–Crippen LogP) is 3.99. The highest BCUT2D eigenvalue weighted by Gasteiger charge is 2.32. The number of rotatable bonds is 2. The fourth-order valence-electron chi connectivity index (χ4n) is 1.89. The molecule has 0 saturated heterocycles. The third kappa shape index (κ3) is 1.45. The molecule has 1 aliphatic rings. The molecule has 82 valence electrons. The van der Waals surface area contributed by atoms with Crippen LogP contribution in [0.1, 0.15) is 29.0 Å². The fraction of sp³-hybridized carbons (Fsp3) is 0.308. The van der Waals surface area contributed by atoms with Crippen molar-refractivity contribution in [1.82, 2.24) is 0 Å². The van der Waals surface area contributed by atoms with E-state index in [0.717, 1.165) is 23.8 Å². The van der Waals surface area contributed by atoms with Gasteiger partial charge in [-0.25, -0.2) is 0 Å². The Morgan fingerprint density at radius 3 is 2.81 bits per heavy atom. The minimum Gasteiger partial charge on any atom is -0.451 e. The minimum absolute atomic E-state index is 0.117. The van der Waals surface area contributed by atoms with Gasteiger partial charge in [0.25, 0.3) is 0 Å². The Labute approximate surface area is 98.2 Å². The number of carbonyl (C=O) groups excluding carboxylic acids is 1. The van der Waals surface area contributed by atoms with Crippen LogP contribution >= 0.6 is 11.6 Å². The lowest BCUT2D eigenvalue weighted by Crippen LogP contribution is -1.98. The van der Waals surface area contributed by atoms with Crippen LogP contribution in [0.3, 0.4) is 0 Å². The number of fused-ring (bicyclic) bond motifs is 1. The standard InChI is InChI=1S/C13H11ClO2/c1-7-2-5-10(14)13-9(7)6-11(16-13)12(15)8-3-4-8/h2,5-6,8H,3-4H2,1H3. The number of ketones is 1. The zero-order valence-corrected chi connectivity index (χ0v) is 9.67. The second kappa shape index (κ2) is 3.36. The summed E-state index contributed by atoms with van der Waals surface area (Å²) in [5.41, 5.74) is 1.71. The van der Waals surface area contributed by atoms with E-state index in [0.29, 0.717) is 16.4 Å². The van der Waals surface area contributed by atoms with Gasteiger partial charge in [0.1, 0.15) is 0 Å².